The zero-order valence-corrected chi connectivity index (χ0v) is 37.2. The molecule has 5 aromatic rings. The maximum atomic E-state index is 15.0. The largest absolute Gasteiger partial charge is 0.453 e. The van der Waals surface area contributed by atoms with Gasteiger partial charge in [0, 0.05) is 68.4 Å². The summed E-state index contributed by atoms with van der Waals surface area (Å²) < 4.78 is 4.68. The number of carbonyl (C=O) groups excluding carboxylic acids is 4. The van der Waals surface area contributed by atoms with Gasteiger partial charge in [-0.25, -0.2) is 9.59 Å². The van der Waals surface area contributed by atoms with Gasteiger partial charge in [0.15, 0.2) is 0 Å². The second-order valence-electron chi connectivity index (χ2n) is 18.2. The molecule has 0 radical (unpaired) electrons. The van der Waals surface area contributed by atoms with Crippen molar-refractivity contribution in [3.8, 4) is 11.3 Å². The Balaban J connectivity index is 1.26. The van der Waals surface area contributed by atoms with Gasteiger partial charge in [0.25, 0.3) is 0 Å². The van der Waals surface area contributed by atoms with Crippen molar-refractivity contribution in [2.45, 2.75) is 84.5 Å². The summed E-state index contributed by atoms with van der Waals surface area (Å²) in [5, 5.41) is 22.1. The summed E-state index contributed by atoms with van der Waals surface area (Å²) in [5.74, 6) is -1.01. The van der Waals surface area contributed by atoms with Crippen LogP contribution in [0.15, 0.2) is 116 Å². The number of para-hydroxylation sites is 1. The number of urea groups is 1. The molecular weight excluding hydrogens is 795 g/mol. The van der Waals surface area contributed by atoms with Gasteiger partial charge in [-0.15, -0.1) is 0 Å². The molecule has 63 heavy (non-hydrogen) atoms. The molecule has 1 aliphatic rings. The fraction of sp³-hybridized carbons (Fsp3) is 0.400. The van der Waals surface area contributed by atoms with E-state index in [-0.39, 0.29) is 43.8 Å². The molecule has 332 valence electrons. The van der Waals surface area contributed by atoms with Gasteiger partial charge < -0.3 is 35.6 Å². The first-order chi connectivity index (χ1) is 30.1. The Morgan fingerprint density at radius 2 is 1.54 bits per heavy atom. The molecule has 0 bridgehead atoms. The Labute approximate surface area is 370 Å². The number of pyridine rings is 2. The summed E-state index contributed by atoms with van der Waals surface area (Å²) >= 11 is 0. The Bertz CT molecular complexity index is 2310. The Morgan fingerprint density at radius 1 is 0.825 bits per heavy atom. The lowest BCUT2D eigenvalue weighted by molar-refractivity contribution is -0.130. The molecule has 0 spiro atoms. The van der Waals surface area contributed by atoms with E-state index in [1.807, 2.05) is 138 Å². The lowest BCUT2D eigenvalue weighted by atomic mass is 9.81. The number of benzene rings is 3. The first-order valence-electron chi connectivity index (χ1n) is 21.6. The number of aliphatic hydroxyl groups is 1. The first kappa shape index (κ1) is 46.2. The van der Waals surface area contributed by atoms with E-state index in [1.165, 1.54) is 7.11 Å². The monoisotopic (exact) mass is 855 g/mol. The summed E-state index contributed by atoms with van der Waals surface area (Å²) in [6.45, 7) is 11.1. The number of aromatic nitrogens is 2. The normalized spacial score (nSPS) is 15.1. The van der Waals surface area contributed by atoms with Gasteiger partial charge in [0.2, 0.25) is 11.8 Å². The molecule has 3 aromatic carbocycles. The molecule has 4 atom stereocenters. The zero-order valence-electron chi connectivity index (χ0n) is 37.2. The Morgan fingerprint density at radius 3 is 2.24 bits per heavy atom. The molecular formula is C50H61N7O6. The van der Waals surface area contributed by atoms with E-state index in [1.54, 1.807) is 22.2 Å². The first-order valence-corrected chi connectivity index (χ1v) is 21.6. The third kappa shape index (κ3) is 12.2. The molecule has 3 heterocycles. The van der Waals surface area contributed by atoms with Crippen LogP contribution >= 0.6 is 0 Å². The van der Waals surface area contributed by atoms with E-state index < -0.39 is 41.0 Å². The number of carbonyl (C=O) groups is 4. The number of nitrogens with one attached hydrogen (secondary N) is 3. The van der Waals surface area contributed by atoms with Crippen LogP contribution in [0.1, 0.15) is 70.1 Å². The van der Waals surface area contributed by atoms with Gasteiger partial charge in [-0.2, -0.15) is 0 Å². The molecule has 1 aliphatic heterocycles. The lowest BCUT2D eigenvalue weighted by Crippen LogP contribution is -2.59. The van der Waals surface area contributed by atoms with Gasteiger partial charge in [-0.05, 0) is 64.6 Å². The maximum Gasteiger partial charge on any atom is 0.406 e. The highest BCUT2D eigenvalue weighted by molar-refractivity contribution is 5.89. The van der Waals surface area contributed by atoms with E-state index in [4.69, 9.17) is 0 Å². The van der Waals surface area contributed by atoms with Gasteiger partial charge in [0.05, 0.1) is 30.5 Å². The lowest BCUT2D eigenvalue weighted by Gasteiger charge is -2.39. The smallest absolute Gasteiger partial charge is 0.406 e. The molecule has 1 saturated heterocycles. The van der Waals surface area contributed by atoms with E-state index in [0.29, 0.717) is 26.1 Å². The number of ether oxygens (including phenoxy) is 1. The van der Waals surface area contributed by atoms with E-state index >= 15 is 0 Å². The third-order valence-corrected chi connectivity index (χ3v) is 11.7. The van der Waals surface area contributed by atoms with Crippen LogP contribution in [0.25, 0.3) is 22.2 Å². The Hall–Kier alpha value is -6.34. The predicted molar refractivity (Wildman–Crippen MR) is 244 cm³/mol. The topological polar surface area (TPSA) is 166 Å². The van der Waals surface area contributed by atoms with Gasteiger partial charge >= 0.3 is 12.1 Å². The molecule has 13 nitrogen and oxygen atoms in total. The minimum Gasteiger partial charge on any atom is -0.453 e. The van der Waals surface area contributed by atoms with E-state index in [2.05, 4.69) is 30.7 Å². The van der Waals surface area contributed by atoms with Crippen LogP contribution in [0.5, 0.6) is 0 Å². The van der Waals surface area contributed by atoms with Crippen molar-refractivity contribution in [2.75, 3.05) is 33.3 Å². The highest BCUT2D eigenvalue weighted by atomic mass is 16.5. The third-order valence-electron chi connectivity index (χ3n) is 11.7. The molecule has 13 heteroatoms. The van der Waals surface area contributed by atoms with Crippen molar-refractivity contribution in [3.63, 3.8) is 0 Å². The second kappa shape index (κ2) is 20.7. The zero-order chi connectivity index (χ0) is 45.1. The van der Waals surface area contributed by atoms with Gasteiger partial charge in [-0.1, -0.05) is 113 Å². The summed E-state index contributed by atoms with van der Waals surface area (Å²) in [6, 6.07) is 31.6. The fourth-order valence-corrected chi connectivity index (χ4v) is 8.43. The number of alkyl carbamates (subject to hydrolysis) is 1. The van der Waals surface area contributed by atoms with Crippen molar-refractivity contribution < 1.29 is 29.0 Å². The number of hydrogen-bond acceptors (Lipinski definition) is 8. The standard InChI is InChI=1S/C50H61N7O6/c1-49(2,3)45(57-29-28-56(48(57)62)32-37-23-26-52-41-18-11-10-16-38(37)41)46(60)55-44(42(58)24-27-53-43(59)31-50(4,5)33-54-47(61)63-6)39(35-14-8-7-9-15-35)30-34-19-21-36(22-20-34)40-17-12-13-25-51-40/h7-23,25-26,39,42,44-45,58H,24,27-33H2,1-6H3,(H,53,59)(H,54,61)(H,55,60). The van der Waals surface area contributed by atoms with Crippen LogP contribution in [-0.2, 0) is 27.3 Å². The molecule has 1 fully saturated rings. The number of aliphatic hydroxyl groups excluding tert-OH is 1. The van der Waals surface area contributed by atoms with Crippen molar-refractivity contribution in [2.24, 2.45) is 10.8 Å². The van der Waals surface area contributed by atoms with Crippen LogP contribution in [0.2, 0.25) is 0 Å². The number of nitrogens with zero attached hydrogens (tertiary/aromatic N) is 4. The molecule has 4 unspecified atom stereocenters. The Kier molecular flexibility index (Phi) is 15.2. The number of methoxy groups -OCH3 is 1. The molecule has 2 aromatic heterocycles. The summed E-state index contributed by atoms with van der Waals surface area (Å²) in [7, 11) is 1.28. The summed E-state index contributed by atoms with van der Waals surface area (Å²) in [6.07, 6.45) is 2.57. The van der Waals surface area contributed by atoms with E-state index in [0.717, 1.165) is 38.9 Å². The summed E-state index contributed by atoms with van der Waals surface area (Å²) in [4.78, 5) is 66.5. The van der Waals surface area contributed by atoms with Gasteiger partial charge in [0.1, 0.15) is 6.04 Å². The van der Waals surface area contributed by atoms with Crippen LogP contribution in [0.3, 0.4) is 0 Å². The van der Waals surface area contributed by atoms with Crippen molar-refractivity contribution >= 4 is 34.8 Å². The van der Waals surface area contributed by atoms with Crippen molar-refractivity contribution in [3.05, 3.63) is 132 Å². The molecule has 6 rings (SSSR count). The average molecular weight is 856 g/mol. The predicted octanol–water partition coefficient (Wildman–Crippen LogP) is 7.10. The highest BCUT2D eigenvalue weighted by Crippen LogP contribution is 2.33. The minimum atomic E-state index is -1.10. The second-order valence-corrected chi connectivity index (χ2v) is 18.2. The van der Waals surface area contributed by atoms with Crippen LogP contribution < -0.4 is 16.0 Å². The number of amides is 5. The maximum absolute atomic E-state index is 15.0. The average Bonchev–Trinajstić information content (AvgIpc) is 3.61. The highest BCUT2D eigenvalue weighted by Gasteiger charge is 2.45. The van der Waals surface area contributed by atoms with Crippen molar-refractivity contribution in [1.29, 1.82) is 0 Å². The van der Waals surface area contributed by atoms with Crippen LogP contribution in [0, 0.1) is 10.8 Å². The van der Waals surface area contributed by atoms with Crippen LogP contribution in [-0.4, -0.2) is 100 Å². The molecule has 0 aliphatic carbocycles. The SMILES string of the molecule is COC(=O)NCC(C)(C)CC(=O)NCCC(O)C(NC(=O)C(N1CCN(Cc2ccnc3ccccc23)C1=O)C(C)(C)C)C(Cc1ccc(-c2ccccn2)cc1)c1ccccc1. The molecule has 0 saturated carbocycles. The van der Waals surface area contributed by atoms with Crippen molar-refractivity contribution in [1.82, 2.24) is 35.7 Å². The van der Waals surface area contributed by atoms with E-state index in [9.17, 15) is 24.3 Å². The molecule has 4 N–H and O–H groups in total. The minimum absolute atomic E-state index is 0.125. The summed E-state index contributed by atoms with van der Waals surface area (Å²) in [5.41, 5.74) is 4.32. The fourth-order valence-electron chi connectivity index (χ4n) is 8.43. The number of fused-ring (bicyclic) bond motifs is 1. The number of hydrogen-bond donors (Lipinski definition) is 4. The van der Waals surface area contributed by atoms with Crippen LogP contribution in [0.4, 0.5) is 9.59 Å². The molecule has 5 amide bonds. The quantitative estimate of drug-likeness (QED) is 0.0725. The van der Waals surface area contributed by atoms with Gasteiger partial charge in [-0.3, -0.25) is 19.6 Å². The number of rotatable bonds is 18.